The number of aromatic carboxylic acids is 1. The number of halogens is 1. The van der Waals surface area contributed by atoms with E-state index in [1.807, 2.05) is 0 Å². The van der Waals surface area contributed by atoms with Gasteiger partial charge in [0.15, 0.2) is 5.69 Å². The van der Waals surface area contributed by atoms with E-state index in [9.17, 15) is 13.2 Å². The molecule has 2 aromatic rings. The van der Waals surface area contributed by atoms with Crippen LogP contribution in [0.4, 0.5) is 0 Å². The first-order valence-electron chi connectivity index (χ1n) is 6.36. The van der Waals surface area contributed by atoms with Crippen molar-refractivity contribution in [2.75, 3.05) is 6.54 Å². The van der Waals surface area contributed by atoms with Crippen molar-refractivity contribution in [3.63, 3.8) is 0 Å². The summed E-state index contributed by atoms with van der Waals surface area (Å²) in [4.78, 5) is 11.2. The molecule has 1 aliphatic rings. The Kier molecular flexibility index (Phi) is 3.67. The third-order valence-electron chi connectivity index (χ3n) is 3.43. The summed E-state index contributed by atoms with van der Waals surface area (Å²) in [5.74, 6) is -0.832. The lowest BCUT2D eigenvalue weighted by atomic mass is 10.1. The maximum absolute atomic E-state index is 12.6. The molecule has 1 N–H and O–H groups in total. The van der Waals surface area contributed by atoms with Crippen LogP contribution in [0.25, 0.3) is 0 Å². The Hall–Kier alpha value is -1.90. The van der Waals surface area contributed by atoms with Gasteiger partial charge in [0.1, 0.15) is 5.76 Å². The topological polar surface area (TPSA) is 101 Å². The molecule has 0 radical (unpaired) electrons. The molecule has 1 aromatic carbocycles. The summed E-state index contributed by atoms with van der Waals surface area (Å²) < 4.78 is 31.4. The van der Waals surface area contributed by atoms with Gasteiger partial charge in [-0.2, -0.15) is 4.31 Å². The molecule has 0 saturated heterocycles. The van der Waals surface area contributed by atoms with Crippen molar-refractivity contribution >= 4 is 27.6 Å². The largest absolute Gasteiger partial charge is 0.476 e. The molecule has 0 bridgehead atoms. The molecular weight excluding hydrogens is 332 g/mol. The van der Waals surface area contributed by atoms with Crippen LogP contribution in [0.1, 0.15) is 21.8 Å². The number of fused-ring (bicyclic) bond motifs is 1. The molecule has 0 atom stereocenters. The number of nitrogens with zero attached hydrogens (tertiary/aromatic N) is 2. The highest BCUT2D eigenvalue weighted by molar-refractivity contribution is 7.89. The normalized spacial score (nSPS) is 15.5. The molecule has 9 heteroatoms. The number of hydrogen-bond donors (Lipinski definition) is 1. The number of sulfonamides is 1. The zero-order valence-electron chi connectivity index (χ0n) is 11.2. The van der Waals surface area contributed by atoms with Crippen LogP contribution in [0, 0.1) is 0 Å². The van der Waals surface area contributed by atoms with Gasteiger partial charge in [-0.05, 0) is 18.2 Å². The number of rotatable bonds is 3. The van der Waals surface area contributed by atoms with Crippen LogP contribution in [0.5, 0.6) is 0 Å². The van der Waals surface area contributed by atoms with Gasteiger partial charge in [-0.15, -0.1) is 0 Å². The average molecular weight is 343 g/mol. The maximum atomic E-state index is 12.6. The smallest absolute Gasteiger partial charge is 0.358 e. The number of carbonyl (C=O) groups is 1. The van der Waals surface area contributed by atoms with Gasteiger partial charge in [0.05, 0.1) is 4.90 Å². The zero-order valence-corrected chi connectivity index (χ0v) is 12.8. The molecule has 0 spiro atoms. The molecule has 3 rings (SSSR count). The summed E-state index contributed by atoms with van der Waals surface area (Å²) >= 11 is 5.83. The molecular formula is C13H11ClN2O5S. The Bertz CT molecular complexity index is 846. The van der Waals surface area contributed by atoms with Crippen LogP contribution in [0.3, 0.4) is 0 Å². The van der Waals surface area contributed by atoms with Crippen LogP contribution in [-0.2, 0) is 23.0 Å². The summed E-state index contributed by atoms with van der Waals surface area (Å²) in [6.45, 7) is 0.103. The van der Waals surface area contributed by atoms with Gasteiger partial charge < -0.3 is 9.63 Å². The van der Waals surface area contributed by atoms with Crippen LogP contribution in [0.15, 0.2) is 33.7 Å². The first-order chi connectivity index (χ1) is 10.4. The van der Waals surface area contributed by atoms with Crippen LogP contribution < -0.4 is 0 Å². The summed E-state index contributed by atoms with van der Waals surface area (Å²) in [5, 5.41) is 12.9. The second-order valence-corrected chi connectivity index (χ2v) is 7.16. The van der Waals surface area contributed by atoms with Gasteiger partial charge >= 0.3 is 5.97 Å². The minimum atomic E-state index is -3.76. The van der Waals surface area contributed by atoms with Crippen molar-refractivity contribution in [1.29, 1.82) is 0 Å². The van der Waals surface area contributed by atoms with Crippen molar-refractivity contribution in [2.45, 2.75) is 17.9 Å². The molecule has 0 amide bonds. The molecule has 0 saturated carbocycles. The second kappa shape index (κ2) is 5.38. The fraction of sp³-hybridized carbons (Fsp3) is 0.231. The predicted molar refractivity (Wildman–Crippen MR) is 76.2 cm³/mol. The summed E-state index contributed by atoms with van der Waals surface area (Å²) in [6, 6.07) is 5.94. The van der Waals surface area contributed by atoms with E-state index in [0.29, 0.717) is 16.3 Å². The molecule has 0 unspecified atom stereocenters. The molecule has 22 heavy (non-hydrogen) atoms. The summed E-state index contributed by atoms with van der Waals surface area (Å²) in [6.07, 6.45) is 0.273. The van der Waals surface area contributed by atoms with E-state index in [1.165, 1.54) is 16.4 Å². The third kappa shape index (κ3) is 2.49. The van der Waals surface area contributed by atoms with Crippen molar-refractivity contribution in [1.82, 2.24) is 9.46 Å². The first kappa shape index (κ1) is 15.0. The van der Waals surface area contributed by atoms with Crippen molar-refractivity contribution in [2.24, 2.45) is 0 Å². The lowest BCUT2D eigenvalue weighted by Crippen LogP contribution is -2.36. The van der Waals surface area contributed by atoms with Gasteiger partial charge in [0.25, 0.3) is 0 Å². The molecule has 0 aliphatic carbocycles. The Labute approximate surface area is 131 Å². The van der Waals surface area contributed by atoms with Gasteiger partial charge in [-0.3, -0.25) is 0 Å². The number of aromatic nitrogens is 1. The Morgan fingerprint density at radius 3 is 2.86 bits per heavy atom. The van der Waals surface area contributed by atoms with Gasteiger partial charge in [-0.1, -0.05) is 22.8 Å². The number of benzene rings is 1. The second-order valence-electron chi connectivity index (χ2n) is 4.78. The molecule has 2 heterocycles. The maximum Gasteiger partial charge on any atom is 0.358 e. The summed E-state index contributed by atoms with van der Waals surface area (Å²) in [5.41, 5.74) is 0.0466. The average Bonchev–Trinajstić information content (AvgIpc) is 2.90. The van der Waals surface area contributed by atoms with Crippen LogP contribution >= 0.6 is 11.6 Å². The van der Waals surface area contributed by atoms with Gasteiger partial charge in [-0.25, -0.2) is 13.2 Å². The fourth-order valence-corrected chi connectivity index (χ4v) is 4.04. The van der Waals surface area contributed by atoms with E-state index in [2.05, 4.69) is 5.16 Å². The van der Waals surface area contributed by atoms with Crippen molar-refractivity contribution in [3.05, 3.63) is 46.3 Å². The molecule has 116 valence electrons. The summed E-state index contributed by atoms with van der Waals surface area (Å²) in [7, 11) is -3.76. The highest BCUT2D eigenvalue weighted by Crippen LogP contribution is 2.28. The Morgan fingerprint density at radius 2 is 2.18 bits per heavy atom. The number of carboxylic acid groups (broad SMARTS) is 1. The van der Waals surface area contributed by atoms with Crippen molar-refractivity contribution < 1.29 is 22.8 Å². The third-order valence-corrected chi connectivity index (χ3v) is 5.50. The molecule has 7 nitrogen and oxygen atoms in total. The molecule has 1 aliphatic heterocycles. The quantitative estimate of drug-likeness (QED) is 0.912. The van der Waals surface area contributed by atoms with E-state index in [0.717, 1.165) is 0 Å². The number of hydrogen-bond acceptors (Lipinski definition) is 5. The predicted octanol–water partition coefficient (Wildman–Crippen LogP) is 1.77. The SMILES string of the molecule is O=C(O)c1noc2c1CN(S(=O)(=O)c1cccc(Cl)c1)CC2. The zero-order chi connectivity index (χ0) is 15.9. The van der Waals surface area contributed by atoms with Crippen molar-refractivity contribution in [3.8, 4) is 0 Å². The Morgan fingerprint density at radius 1 is 1.41 bits per heavy atom. The molecule has 0 fully saturated rings. The standard InChI is InChI=1S/C13H11ClN2O5S/c14-8-2-1-3-9(6-8)22(19,20)16-5-4-11-10(7-16)12(13(17)18)15-21-11/h1-3,6H,4-5,7H2,(H,17,18). The van der Waals surface area contributed by atoms with E-state index in [1.54, 1.807) is 12.1 Å². The minimum absolute atomic E-state index is 0.0665. The lowest BCUT2D eigenvalue weighted by molar-refractivity contribution is 0.0684. The first-order valence-corrected chi connectivity index (χ1v) is 8.18. The van der Waals surface area contributed by atoms with E-state index < -0.39 is 16.0 Å². The molecule has 1 aromatic heterocycles. The Balaban J connectivity index is 1.97. The highest BCUT2D eigenvalue weighted by atomic mass is 35.5. The highest BCUT2D eigenvalue weighted by Gasteiger charge is 2.33. The fourth-order valence-electron chi connectivity index (χ4n) is 2.33. The van der Waals surface area contributed by atoms with Gasteiger partial charge in [0.2, 0.25) is 10.0 Å². The monoisotopic (exact) mass is 342 g/mol. The minimum Gasteiger partial charge on any atom is -0.476 e. The van der Waals surface area contributed by atoms with E-state index in [4.69, 9.17) is 21.2 Å². The van der Waals surface area contributed by atoms with Crippen LogP contribution in [0.2, 0.25) is 5.02 Å². The van der Waals surface area contributed by atoms with Crippen LogP contribution in [-0.4, -0.2) is 35.5 Å². The van der Waals surface area contributed by atoms with E-state index in [-0.39, 0.29) is 30.1 Å². The van der Waals surface area contributed by atoms with Gasteiger partial charge in [0, 0.05) is 30.1 Å². The lowest BCUT2D eigenvalue weighted by Gasteiger charge is -2.25. The number of carboxylic acids is 1. The van der Waals surface area contributed by atoms with E-state index >= 15 is 0 Å².